The second kappa shape index (κ2) is 5.48. The van der Waals surface area contributed by atoms with Crippen molar-refractivity contribution in [1.82, 2.24) is 9.78 Å². The van der Waals surface area contributed by atoms with E-state index in [0.29, 0.717) is 17.8 Å². The predicted molar refractivity (Wildman–Crippen MR) is 83.1 cm³/mol. The molecular weight excluding hydrogens is 282 g/mol. The Morgan fingerprint density at radius 1 is 1.32 bits per heavy atom. The molecule has 0 aliphatic rings. The van der Waals surface area contributed by atoms with Gasteiger partial charge in [-0.25, -0.2) is 4.79 Å². The number of rotatable bonds is 3. The van der Waals surface area contributed by atoms with Crippen LogP contribution >= 0.6 is 0 Å². The van der Waals surface area contributed by atoms with Crippen LogP contribution in [0.4, 0.5) is 5.69 Å². The molecule has 0 unspecified atom stereocenters. The maximum Gasteiger partial charge on any atom is 0.360 e. The van der Waals surface area contributed by atoms with Crippen LogP contribution < -0.4 is 10.9 Å². The van der Waals surface area contributed by atoms with Crippen LogP contribution in [0.3, 0.4) is 0 Å². The number of nitrogens with one attached hydrogen (secondary N) is 1. The van der Waals surface area contributed by atoms with E-state index < -0.39 is 5.63 Å². The van der Waals surface area contributed by atoms with Gasteiger partial charge in [0.1, 0.15) is 17.0 Å². The molecule has 0 bridgehead atoms. The predicted octanol–water partition coefficient (Wildman–Crippen LogP) is 2.57. The first-order valence-corrected chi connectivity index (χ1v) is 6.97. The van der Waals surface area contributed by atoms with E-state index in [1.54, 1.807) is 28.9 Å². The van der Waals surface area contributed by atoms with Gasteiger partial charge in [-0.05, 0) is 32.0 Å². The fraction of sp³-hybridized carbons (Fsp3) is 0.188. The monoisotopic (exact) mass is 297 g/mol. The van der Waals surface area contributed by atoms with E-state index in [0.717, 1.165) is 11.1 Å². The molecule has 0 radical (unpaired) electrons. The maximum atomic E-state index is 12.3. The minimum Gasteiger partial charge on any atom is -0.421 e. The number of nitrogens with zero attached hydrogens (tertiary/aromatic N) is 2. The van der Waals surface area contributed by atoms with Crippen LogP contribution in [-0.4, -0.2) is 15.7 Å². The van der Waals surface area contributed by atoms with Crippen LogP contribution in [0.25, 0.3) is 11.0 Å². The van der Waals surface area contributed by atoms with Crippen LogP contribution in [0, 0.1) is 6.92 Å². The number of aryl methyl sites for hydroxylation is 2. The average Bonchev–Trinajstić information content (AvgIpc) is 2.89. The lowest BCUT2D eigenvalue weighted by molar-refractivity contribution is 0.101. The summed E-state index contributed by atoms with van der Waals surface area (Å²) in [4.78, 5) is 24.3. The topological polar surface area (TPSA) is 77.1 Å². The van der Waals surface area contributed by atoms with Gasteiger partial charge in [-0.2, -0.15) is 5.10 Å². The van der Waals surface area contributed by atoms with Crippen molar-refractivity contribution >= 4 is 22.6 Å². The molecule has 2 aromatic heterocycles. The molecule has 0 saturated carbocycles. The van der Waals surface area contributed by atoms with Crippen molar-refractivity contribution in [1.29, 1.82) is 0 Å². The lowest BCUT2D eigenvalue weighted by atomic mass is 10.2. The van der Waals surface area contributed by atoms with Gasteiger partial charge < -0.3 is 9.73 Å². The highest BCUT2D eigenvalue weighted by molar-refractivity contribution is 6.03. The number of anilines is 1. The van der Waals surface area contributed by atoms with Gasteiger partial charge in [0, 0.05) is 11.9 Å². The minimum absolute atomic E-state index is 0.116. The fourth-order valence-electron chi connectivity index (χ4n) is 2.30. The number of amides is 1. The minimum atomic E-state index is -0.577. The first-order chi connectivity index (χ1) is 10.6. The number of aromatic nitrogens is 2. The highest BCUT2D eigenvalue weighted by Crippen LogP contribution is 2.16. The summed E-state index contributed by atoms with van der Waals surface area (Å²) in [7, 11) is 0. The van der Waals surface area contributed by atoms with Crippen LogP contribution in [0.5, 0.6) is 0 Å². The number of carbonyl (C=O) groups is 1. The number of benzene rings is 1. The molecular formula is C16H15N3O3. The summed E-state index contributed by atoms with van der Waals surface area (Å²) in [6.45, 7) is 4.28. The number of hydrogen-bond acceptors (Lipinski definition) is 4. The van der Waals surface area contributed by atoms with E-state index in [4.69, 9.17) is 4.42 Å². The lowest BCUT2D eigenvalue weighted by Gasteiger charge is -2.06. The summed E-state index contributed by atoms with van der Waals surface area (Å²) in [5.74, 6) is -0.384. The van der Waals surface area contributed by atoms with E-state index >= 15 is 0 Å². The second-order valence-corrected chi connectivity index (χ2v) is 4.93. The molecule has 0 saturated heterocycles. The van der Waals surface area contributed by atoms with Gasteiger partial charge in [-0.15, -0.1) is 0 Å². The summed E-state index contributed by atoms with van der Waals surface area (Å²) >= 11 is 0. The Morgan fingerprint density at radius 3 is 2.86 bits per heavy atom. The van der Waals surface area contributed by atoms with Crippen molar-refractivity contribution in [2.75, 3.05) is 5.32 Å². The van der Waals surface area contributed by atoms with Crippen LogP contribution in [-0.2, 0) is 6.54 Å². The van der Waals surface area contributed by atoms with Gasteiger partial charge >= 0.3 is 5.63 Å². The summed E-state index contributed by atoms with van der Waals surface area (Å²) in [5.41, 5.74) is 1.18. The molecule has 112 valence electrons. The molecule has 3 aromatic rings. The Morgan fingerprint density at radius 2 is 2.09 bits per heavy atom. The third kappa shape index (κ3) is 2.50. The first kappa shape index (κ1) is 14.1. The summed E-state index contributed by atoms with van der Waals surface area (Å²) in [6, 6.07) is 10.4. The van der Waals surface area contributed by atoms with Crippen LogP contribution in [0.1, 0.15) is 23.1 Å². The molecule has 0 spiro atoms. The molecule has 6 heteroatoms. The van der Waals surface area contributed by atoms with Crippen molar-refractivity contribution < 1.29 is 9.21 Å². The number of fused-ring (bicyclic) bond motifs is 1. The number of carbonyl (C=O) groups excluding carboxylic acids is 1. The van der Waals surface area contributed by atoms with E-state index in [9.17, 15) is 9.59 Å². The average molecular weight is 297 g/mol. The lowest BCUT2D eigenvalue weighted by Crippen LogP contribution is -2.21. The molecule has 1 amide bonds. The van der Waals surface area contributed by atoms with Crippen molar-refractivity contribution in [3.63, 3.8) is 0 Å². The summed E-state index contributed by atoms with van der Waals surface area (Å²) < 4.78 is 6.79. The Labute approximate surface area is 126 Å². The Hall–Kier alpha value is -2.89. The quantitative estimate of drug-likeness (QED) is 0.754. The zero-order valence-corrected chi connectivity index (χ0v) is 12.3. The van der Waals surface area contributed by atoms with Crippen LogP contribution in [0.2, 0.25) is 0 Å². The molecule has 6 nitrogen and oxygen atoms in total. The van der Waals surface area contributed by atoms with Crippen molar-refractivity contribution in [2.24, 2.45) is 0 Å². The smallest absolute Gasteiger partial charge is 0.360 e. The molecule has 0 atom stereocenters. The maximum absolute atomic E-state index is 12.3. The first-order valence-electron chi connectivity index (χ1n) is 6.97. The van der Waals surface area contributed by atoms with Crippen LogP contribution in [0.15, 0.2) is 45.6 Å². The molecule has 1 aromatic carbocycles. The van der Waals surface area contributed by atoms with Gasteiger partial charge in [-0.3, -0.25) is 9.48 Å². The van der Waals surface area contributed by atoms with Crippen molar-refractivity contribution in [3.05, 3.63) is 58.2 Å². The third-order valence-electron chi connectivity index (χ3n) is 3.32. The highest BCUT2D eigenvalue weighted by Gasteiger charge is 2.15. The molecule has 1 N–H and O–H groups in total. The molecule has 22 heavy (non-hydrogen) atoms. The SMILES string of the molecule is CCn1nc(C)cc1C(=O)Nc1cc2ccccc2oc1=O. The zero-order valence-electron chi connectivity index (χ0n) is 12.3. The van der Waals surface area contributed by atoms with Crippen molar-refractivity contribution in [3.8, 4) is 0 Å². The molecule has 0 fully saturated rings. The molecule has 0 aliphatic heterocycles. The molecule has 0 aliphatic carbocycles. The summed E-state index contributed by atoms with van der Waals surface area (Å²) in [5, 5.41) is 7.57. The number of hydrogen-bond donors (Lipinski definition) is 1. The van der Waals surface area contributed by atoms with E-state index in [1.165, 1.54) is 0 Å². The van der Waals surface area contributed by atoms with E-state index in [-0.39, 0.29) is 11.6 Å². The van der Waals surface area contributed by atoms with Gasteiger partial charge in [0.2, 0.25) is 0 Å². The highest BCUT2D eigenvalue weighted by atomic mass is 16.4. The molecule has 2 heterocycles. The fourth-order valence-corrected chi connectivity index (χ4v) is 2.30. The third-order valence-corrected chi connectivity index (χ3v) is 3.32. The standard InChI is InChI=1S/C16H15N3O3/c1-3-19-13(8-10(2)18-19)15(20)17-12-9-11-6-4-5-7-14(11)22-16(12)21/h4-9H,3H2,1-2H3,(H,17,20). The van der Waals surface area contributed by atoms with Gasteiger partial charge in [0.05, 0.1) is 5.69 Å². The number of para-hydroxylation sites is 1. The van der Waals surface area contributed by atoms with Gasteiger partial charge in [0.25, 0.3) is 5.91 Å². The summed E-state index contributed by atoms with van der Waals surface area (Å²) in [6.07, 6.45) is 0. The van der Waals surface area contributed by atoms with E-state index in [2.05, 4.69) is 10.4 Å². The molecule has 3 rings (SSSR count). The largest absolute Gasteiger partial charge is 0.421 e. The van der Waals surface area contributed by atoms with Gasteiger partial charge in [0.15, 0.2) is 0 Å². The Kier molecular flexibility index (Phi) is 3.50. The Balaban J connectivity index is 1.97. The van der Waals surface area contributed by atoms with Gasteiger partial charge in [-0.1, -0.05) is 18.2 Å². The second-order valence-electron chi connectivity index (χ2n) is 4.93. The Bertz CT molecular complexity index is 908. The van der Waals surface area contributed by atoms with E-state index in [1.807, 2.05) is 26.0 Å². The normalized spacial score (nSPS) is 10.8. The van der Waals surface area contributed by atoms with Crippen molar-refractivity contribution in [2.45, 2.75) is 20.4 Å². The zero-order chi connectivity index (χ0) is 15.7.